The van der Waals surface area contributed by atoms with Crippen molar-refractivity contribution in [3.8, 4) is 0 Å². The summed E-state index contributed by atoms with van der Waals surface area (Å²) in [7, 11) is -1.47. The van der Waals surface area contributed by atoms with E-state index in [1.165, 1.54) is 0 Å². The van der Waals surface area contributed by atoms with E-state index in [0.29, 0.717) is 15.5 Å². The van der Waals surface area contributed by atoms with Crippen LogP contribution in [0.1, 0.15) is 28.4 Å². The first-order valence-electron chi connectivity index (χ1n) is 6.68. The van der Waals surface area contributed by atoms with Crippen LogP contribution in [-0.2, 0) is 10.8 Å². The average molecular weight is 321 g/mol. The maximum Gasteiger partial charge on any atom is 0.178 e. The van der Waals surface area contributed by atoms with Gasteiger partial charge >= 0.3 is 0 Å². The smallest absolute Gasteiger partial charge is 0.178 e. The van der Waals surface area contributed by atoms with Gasteiger partial charge in [-0.25, -0.2) is 0 Å². The molecule has 0 saturated carbocycles. The van der Waals surface area contributed by atoms with Crippen LogP contribution in [0.25, 0.3) is 0 Å². The van der Waals surface area contributed by atoms with Gasteiger partial charge in [0.2, 0.25) is 0 Å². The Bertz CT molecular complexity index is 710. The van der Waals surface area contributed by atoms with Crippen LogP contribution in [0.2, 0.25) is 5.02 Å². The van der Waals surface area contributed by atoms with Gasteiger partial charge in [0.25, 0.3) is 0 Å². The van der Waals surface area contributed by atoms with Gasteiger partial charge in [0.15, 0.2) is 5.78 Å². The number of benzene rings is 2. The molecule has 0 spiro atoms. The molecule has 0 aliphatic carbocycles. The van der Waals surface area contributed by atoms with Gasteiger partial charge in [-0.05, 0) is 44.5 Å². The first-order chi connectivity index (χ1) is 9.91. The van der Waals surface area contributed by atoms with Gasteiger partial charge in [0, 0.05) is 5.56 Å². The maximum absolute atomic E-state index is 12.6. The molecule has 0 aliphatic rings. The van der Waals surface area contributed by atoms with Crippen LogP contribution in [0.3, 0.4) is 0 Å². The molecular formula is C17H17ClO2S. The van der Waals surface area contributed by atoms with E-state index < -0.39 is 16.0 Å². The van der Waals surface area contributed by atoms with Crippen molar-refractivity contribution in [3.63, 3.8) is 0 Å². The first-order valence-corrected chi connectivity index (χ1v) is 8.27. The number of hydrogen-bond acceptors (Lipinski definition) is 2. The second-order valence-electron chi connectivity index (χ2n) is 5.05. The molecule has 0 radical (unpaired) electrons. The minimum Gasteiger partial charge on any atom is -0.293 e. The Morgan fingerprint density at radius 1 is 1.14 bits per heavy atom. The molecule has 0 heterocycles. The van der Waals surface area contributed by atoms with E-state index in [0.717, 1.165) is 11.1 Å². The highest BCUT2D eigenvalue weighted by Crippen LogP contribution is 2.24. The monoisotopic (exact) mass is 320 g/mol. The second-order valence-corrected chi connectivity index (χ2v) is 7.20. The van der Waals surface area contributed by atoms with Crippen molar-refractivity contribution in [2.45, 2.75) is 30.9 Å². The molecule has 0 aliphatic heterocycles. The average Bonchev–Trinajstić information content (AvgIpc) is 2.48. The number of ketones is 1. The molecular weight excluding hydrogens is 304 g/mol. The molecule has 2 atom stereocenters. The van der Waals surface area contributed by atoms with Crippen LogP contribution in [-0.4, -0.2) is 15.2 Å². The van der Waals surface area contributed by atoms with Gasteiger partial charge in [0.1, 0.15) is 0 Å². The molecule has 0 aromatic heterocycles. The Labute approximate surface area is 132 Å². The number of rotatable bonds is 4. The fraction of sp³-hybridized carbons (Fsp3) is 0.235. The lowest BCUT2D eigenvalue weighted by Crippen LogP contribution is -2.24. The van der Waals surface area contributed by atoms with E-state index in [1.54, 1.807) is 31.2 Å². The third-order valence-corrected chi connectivity index (χ3v) is 5.49. The first kappa shape index (κ1) is 15.9. The lowest BCUT2D eigenvalue weighted by molar-refractivity contribution is 0.0992. The van der Waals surface area contributed by atoms with Gasteiger partial charge in [-0.1, -0.05) is 41.4 Å². The molecule has 21 heavy (non-hydrogen) atoms. The van der Waals surface area contributed by atoms with E-state index in [4.69, 9.17) is 11.6 Å². The minimum atomic E-state index is -1.47. The highest BCUT2D eigenvalue weighted by atomic mass is 35.5. The molecule has 2 aromatic carbocycles. The minimum absolute atomic E-state index is 0.116. The largest absolute Gasteiger partial charge is 0.293 e. The molecule has 0 fully saturated rings. The maximum atomic E-state index is 12.6. The molecule has 0 saturated heterocycles. The number of halogens is 1. The third-order valence-electron chi connectivity index (χ3n) is 3.40. The summed E-state index contributed by atoms with van der Waals surface area (Å²) in [6, 6.07) is 12.6. The zero-order valence-corrected chi connectivity index (χ0v) is 13.8. The lowest BCUT2D eigenvalue weighted by Gasteiger charge is -2.13. The summed E-state index contributed by atoms with van der Waals surface area (Å²) in [4.78, 5) is 13.1. The molecule has 110 valence electrons. The number of aryl methyl sites for hydroxylation is 2. The summed E-state index contributed by atoms with van der Waals surface area (Å²) in [5.41, 5.74) is 2.54. The summed E-state index contributed by atoms with van der Waals surface area (Å²) < 4.78 is 12.6. The zero-order chi connectivity index (χ0) is 15.6. The zero-order valence-electron chi connectivity index (χ0n) is 12.2. The van der Waals surface area contributed by atoms with Crippen molar-refractivity contribution in [2.75, 3.05) is 0 Å². The Kier molecular flexibility index (Phi) is 4.96. The van der Waals surface area contributed by atoms with E-state index in [2.05, 4.69) is 0 Å². The second kappa shape index (κ2) is 6.54. The fourth-order valence-corrected chi connectivity index (χ4v) is 3.65. The summed E-state index contributed by atoms with van der Waals surface area (Å²) in [6.07, 6.45) is 0. The van der Waals surface area contributed by atoms with Crippen molar-refractivity contribution >= 4 is 28.2 Å². The van der Waals surface area contributed by atoms with Gasteiger partial charge < -0.3 is 0 Å². The van der Waals surface area contributed by atoms with Crippen molar-refractivity contribution in [2.24, 2.45) is 0 Å². The van der Waals surface area contributed by atoms with Crippen molar-refractivity contribution in [1.29, 1.82) is 0 Å². The molecule has 2 rings (SSSR count). The highest BCUT2D eigenvalue weighted by molar-refractivity contribution is 7.86. The predicted octanol–water partition coefficient (Wildman–Crippen LogP) is 4.34. The summed E-state index contributed by atoms with van der Waals surface area (Å²) >= 11 is 6.07. The van der Waals surface area contributed by atoms with Gasteiger partial charge in [-0.3, -0.25) is 9.00 Å². The van der Waals surface area contributed by atoms with Crippen LogP contribution in [0.5, 0.6) is 0 Å². The fourth-order valence-electron chi connectivity index (χ4n) is 2.12. The topological polar surface area (TPSA) is 34.1 Å². The Balaban J connectivity index is 2.33. The predicted molar refractivity (Wildman–Crippen MR) is 87.6 cm³/mol. The van der Waals surface area contributed by atoms with E-state index >= 15 is 0 Å². The molecule has 2 nitrogen and oxygen atoms in total. The van der Waals surface area contributed by atoms with Crippen LogP contribution in [0.4, 0.5) is 0 Å². The number of hydrogen-bond donors (Lipinski definition) is 0. The molecule has 2 aromatic rings. The van der Waals surface area contributed by atoms with E-state index in [-0.39, 0.29) is 5.78 Å². The van der Waals surface area contributed by atoms with Crippen LogP contribution in [0, 0.1) is 13.8 Å². The Morgan fingerprint density at radius 3 is 2.48 bits per heavy atom. The molecule has 0 amide bonds. The SMILES string of the molecule is Cc1ccc(C)c(C(=O)C(C)S(=O)c2ccccc2Cl)c1. The Hall–Kier alpha value is -1.45. The van der Waals surface area contributed by atoms with Crippen LogP contribution >= 0.6 is 11.6 Å². The van der Waals surface area contributed by atoms with Crippen LogP contribution in [0.15, 0.2) is 47.4 Å². The molecule has 0 N–H and O–H groups in total. The standard InChI is InChI=1S/C17H17ClO2S/c1-11-8-9-12(2)14(10-11)17(19)13(3)21(20)16-7-5-4-6-15(16)18/h4-10,13H,1-3H3. The summed E-state index contributed by atoms with van der Waals surface area (Å²) in [5.74, 6) is -0.116. The Morgan fingerprint density at radius 2 is 1.81 bits per heavy atom. The van der Waals surface area contributed by atoms with Gasteiger partial charge in [-0.15, -0.1) is 0 Å². The van der Waals surface area contributed by atoms with Crippen molar-refractivity contribution < 1.29 is 9.00 Å². The normalized spacial score (nSPS) is 13.7. The van der Waals surface area contributed by atoms with Gasteiger partial charge in [0.05, 0.1) is 26.0 Å². The molecule has 0 bridgehead atoms. The lowest BCUT2D eigenvalue weighted by atomic mass is 10.0. The van der Waals surface area contributed by atoms with Crippen molar-refractivity contribution in [3.05, 3.63) is 64.2 Å². The van der Waals surface area contributed by atoms with E-state index in [9.17, 15) is 9.00 Å². The molecule has 4 heteroatoms. The number of carbonyl (C=O) groups is 1. The quantitative estimate of drug-likeness (QED) is 0.785. The van der Waals surface area contributed by atoms with Crippen LogP contribution < -0.4 is 0 Å². The summed E-state index contributed by atoms with van der Waals surface area (Å²) in [5, 5.41) is -0.207. The number of Topliss-reactive ketones (excluding diaryl/α,β-unsaturated/α-hetero) is 1. The highest BCUT2D eigenvalue weighted by Gasteiger charge is 2.25. The summed E-state index contributed by atoms with van der Waals surface area (Å²) in [6.45, 7) is 5.51. The van der Waals surface area contributed by atoms with E-state index in [1.807, 2.05) is 32.0 Å². The third kappa shape index (κ3) is 3.42. The number of carbonyl (C=O) groups excluding carboxylic acids is 1. The van der Waals surface area contributed by atoms with Crippen molar-refractivity contribution in [1.82, 2.24) is 0 Å². The molecule has 2 unspecified atom stereocenters. The van der Waals surface area contributed by atoms with Gasteiger partial charge in [-0.2, -0.15) is 0 Å².